The lowest BCUT2D eigenvalue weighted by molar-refractivity contribution is -0.137. The topological polar surface area (TPSA) is 37.3 Å². The first kappa shape index (κ1) is 9.29. The fraction of sp³-hybridized carbons (Fsp3) is 0.875. The first-order chi connectivity index (χ1) is 5.12. The van der Waals surface area contributed by atoms with E-state index in [4.69, 9.17) is 5.11 Å². The van der Waals surface area contributed by atoms with Crippen LogP contribution >= 0.6 is 22.6 Å². The molecule has 1 aliphatic rings. The van der Waals surface area contributed by atoms with Gasteiger partial charge in [0.1, 0.15) is 0 Å². The van der Waals surface area contributed by atoms with Gasteiger partial charge in [-0.15, -0.1) is 0 Å². The Hall–Kier alpha value is 0.200. The number of hydrogen-bond acceptors (Lipinski definition) is 1. The number of rotatable bonds is 3. The van der Waals surface area contributed by atoms with E-state index < -0.39 is 5.97 Å². The van der Waals surface area contributed by atoms with Crippen LogP contribution < -0.4 is 0 Å². The standard InChI is InChI=1S/C8H13IO2/c9-8(4-1-2-5-8)6-3-7(10)11/h1-6H2,(H,10,11). The van der Waals surface area contributed by atoms with E-state index in [2.05, 4.69) is 22.6 Å². The summed E-state index contributed by atoms with van der Waals surface area (Å²) in [5.74, 6) is -0.659. The second-order valence-electron chi connectivity index (χ2n) is 3.25. The Morgan fingerprint density at radius 2 is 2.00 bits per heavy atom. The Morgan fingerprint density at radius 1 is 1.45 bits per heavy atom. The summed E-state index contributed by atoms with van der Waals surface area (Å²) in [6, 6.07) is 0. The van der Waals surface area contributed by atoms with Gasteiger partial charge >= 0.3 is 5.97 Å². The first-order valence-corrected chi connectivity index (χ1v) is 5.11. The minimum Gasteiger partial charge on any atom is -0.481 e. The lowest BCUT2D eigenvalue weighted by atomic mass is 10.0. The maximum atomic E-state index is 10.3. The van der Waals surface area contributed by atoms with Crippen LogP contribution in [-0.2, 0) is 4.79 Å². The molecule has 1 saturated carbocycles. The van der Waals surface area contributed by atoms with Gasteiger partial charge in [-0.3, -0.25) is 4.79 Å². The third kappa shape index (κ3) is 2.97. The Kier molecular flexibility index (Phi) is 3.16. The van der Waals surface area contributed by atoms with Crippen molar-refractivity contribution in [3.05, 3.63) is 0 Å². The summed E-state index contributed by atoms with van der Waals surface area (Å²) in [7, 11) is 0. The van der Waals surface area contributed by atoms with Crippen molar-refractivity contribution in [2.45, 2.75) is 41.9 Å². The van der Waals surface area contributed by atoms with Crippen molar-refractivity contribution in [3.8, 4) is 0 Å². The van der Waals surface area contributed by atoms with Crippen molar-refractivity contribution >= 4 is 28.6 Å². The molecule has 2 nitrogen and oxygen atoms in total. The Bertz CT molecular complexity index is 150. The molecule has 0 radical (unpaired) electrons. The fourth-order valence-corrected chi connectivity index (χ4v) is 2.62. The highest BCUT2D eigenvalue weighted by Gasteiger charge is 2.30. The van der Waals surface area contributed by atoms with Crippen molar-refractivity contribution in [2.75, 3.05) is 0 Å². The predicted molar refractivity (Wildman–Crippen MR) is 52.1 cm³/mol. The minimum absolute atomic E-state index is 0.316. The summed E-state index contributed by atoms with van der Waals surface area (Å²) in [4.78, 5) is 10.3. The molecule has 0 atom stereocenters. The molecule has 1 aliphatic carbocycles. The van der Waals surface area contributed by atoms with E-state index in [-0.39, 0.29) is 0 Å². The molecule has 0 saturated heterocycles. The van der Waals surface area contributed by atoms with Crippen LogP contribution in [0.3, 0.4) is 0 Å². The van der Waals surface area contributed by atoms with E-state index in [9.17, 15) is 4.79 Å². The smallest absolute Gasteiger partial charge is 0.303 e. The van der Waals surface area contributed by atoms with E-state index >= 15 is 0 Å². The molecule has 0 bridgehead atoms. The van der Waals surface area contributed by atoms with Crippen molar-refractivity contribution in [1.29, 1.82) is 0 Å². The third-order valence-electron chi connectivity index (χ3n) is 2.29. The van der Waals surface area contributed by atoms with Crippen LogP contribution in [0.25, 0.3) is 0 Å². The molecular formula is C8H13IO2. The van der Waals surface area contributed by atoms with E-state index in [1.54, 1.807) is 0 Å². The lowest BCUT2D eigenvalue weighted by Crippen LogP contribution is -2.16. The summed E-state index contributed by atoms with van der Waals surface area (Å²) in [5.41, 5.74) is 0. The quantitative estimate of drug-likeness (QED) is 0.631. The average Bonchev–Trinajstić information content (AvgIpc) is 2.33. The third-order valence-corrected chi connectivity index (χ3v) is 3.90. The molecule has 0 amide bonds. The largest absolute Gasteiger partial charge is 0.481 e. The van der Waals surface area contributed by atoms with Gasteiger partial charge in [0.25, 0.3) is 0 Å². The summed E-state index contributed by atoms with van der Waals surface area (Å²) >= 11 is 2.44. The molecule has 0 aromatic rings. The second kappa shape index (κ2) is 3.74. The molecule has 0 spiro atoms. The summed E-state index contributed by atoms with van der Waals surface area (Å²) in [6.45, 7) is 0. The molecule has 0 heterocycles. The molecular weight excluding hydrogens is 255 g/mol. The van der Waals surface area contributed by atoms with Gasteiger partial charge < -0.3 is 5.11 Å². The van der Waals surface area contributed by atoms with Crippen molar-refractivity contribution in [3.63, 3.8) is 0 Å². The molecule has 1 rings (SSSR count). The van der Waals surface area contributed by atoms with Crippen LogP contribution in [-0.4, -0.2) is 14.5 Å². The van der Waals surface area contributed by atoms with Gasteiger partial charge in [-0.05, 0) is 19.3 Å². The first-order valence-electron chi connectivity index (χ1n) is 4.03. The van der Waals surface area contributed by atoms with Crippen molar-refractivity contribution < 1.29 is 9.90 Å². The number of aliphatic carboxylic acids is 1. The highest BCUT2D eigenvalue weighted by molar-refractivity contribution is 14.1. The van der Waals surface area contributed by atoms with Gasteiger partial charge in [0, 0.05) is 9.84 Å². The number of carbonyl (C=O) groups is 1. The van der Waals surface area contributed by atoms with Crippen LogP contribution in [0.4, 0.5) is 0 Å². The molecule has 11 heavy (non-hydrogen) atoms. The maximum absolute atomic E-state index is 10.3. The molecule has 1 fully saturated rings. The van der Waals surface area contributed by atoms with Gasteiger partial charge in [-0.25, -0.2) is 0 Å². The summed E-state index contributed by atoms with van der Waals surface area (Å²) in [5, 5.41) is 8.48. The van der Waals surface area contributed by atoms with Gasteiger partial charge in [-0.1, -0.05) is 35.4 Å². The zero-order valence-electron chi connectivity index (χ0n) is 6.48. The molecule has 0 aliphatic heterocycles. The van der Waals surface area contributed by atoms with Crippen LogP contribution in [0.15, 0.2) is 0 Å². The van der Waals surface area contributed by atoms with Gasteiger partial charge in [0.05, 0.1) is 0 Å². The van der Waals surface area contributed by atoms with E-state index in [0.29, 0.717) is 9.84 Å². The zero-order chi connectivity index (χ0) is 8.32. The molecule has 0 aromatic heterocycles. The SMILES string of the molecule is O=C(O)CCC1(I)CCCC1. The summed E-state index contributed by atoms with van der Waals surface area (Å²) < 4.78 is 0.316. The Morgan fingerprint density at radius 3 is 2.45 bits per heavy atom. The predicted octanol–water partition coefficient (Wildman–Crippen LogP) is 2.60. The van der Waals surface area contributed by atoms with Crippen LogP contribution in [0.1, 0.15) is 38.5 Å². The van der Waals surface area contributed by atoms with Crippen LogP contribution in [0.2, 0.25) is 0 Å². The molecule has 1 N–H and O–H groups in total. The van der Waals surface area contributed by atoms with E-state index in [0.717, 1.165) is 6.42 Å². The van der Waals surface area contributed by atoms with E-state index in [1.165, 1.54) is 25.7 Å². The number of halogens is 1. The number of carboxylic acids is 1. The molecule has 64 valence electrons. The van der Waals surface area contributed by atoms with Crippen molar-refractivity contribution in [2.24, 2.45) is 0 Å². The second-order valence-corrected chi connectivity index (χ2v) is 5.54. The molecule has 0 aromatic carbocycles. The van der Waals surface area contributed by atoms with Crippen LogP contribution in [0.5, 0.6) is 0 Å². The monoisotopic (exact) mass is 268 g/mol. The van der Waals surface area contributed by atoms with Crippen molar-refractivity contribution in [1.82, 2.24) is 0 Å². The number of carboxylic acid groups (broad SMARTS) is 1. The Labute approximate surface area is 80.5 Å². The van der Waals surface area contributed by atoms with Gasteiger partial charge in [0.2, 0.25) is 0 Å². The lowest BCUT2D eigenvalue weighted by Gasteiger charge is -2.19. The highest BCUT2D eigenvalue weighted by atomic mass is 127. The molecule has 0 unspecified atom stereocenters. The van der Waals surface area contributed by atoms with Crippen LogP contribution in [0, 0.1) is 0 Å². The highest BCUT2D eigenvalue weighted by Crippen LogP contribution is 2.41. The summed E-state index contributed by atoms with van der Waals surface area (Å²) in [6.07, 6.45) is 6.17. The van der Waals surface area contributed by atoms with Gasteiger partial charge in [0.15, 0.2) is 0 Å². The van der Waals surface area contributed by atoms with E-state index in [1.807, 2.05) is 0 Å². The Balaban J connectivity index is 2.28. The van der Waals surface area contributed by atoms with Gasteiger partial charge in [-0.2, -0.15) is 0 Å². The zero-order valence-corrected chi connectivity index (χ0v) is 8.63. The fourth-order valence-electron chi connectivity index (χ4n) is 1.59. The number of alkyl halides is 1. The molecule has 3 heteroatoms. The number of hydrogen-bond donors (Lipinski definition) is 1. The normalized spacial score (nSPS) is 21.9. The minimum atomic E-state index is -0.659. The average molecular weight is 268 g/mol. The maximum Gasteiger partial charge on any atom is 0.303 e.